The van der Waals surface area contributed by atoms with Crippen LogP contribution < -0.4 is 10.5 Å². The van der Waals surface area contributed by atoms with Crippen molar-refractivity contribution in [2.45, 2.75) is 6.61 Å². The first-order valence-corrected chi connectivity index (χ1v) is 7.74. The lowest BCUT2D eigenvalue weighted by Gasteiger charge is -2.10. The van der Waals surface area contributed by atoms with Gasteiger partial charge in [0.05, 0.1) is 5.57 Å². The number of nitriles is 1. The van der Waals surface area contributed by atoms with E-state index in [1.807, 2.05) is 24.3 Å². The zero-order chi connectivity index (χ0) is 16.8. The maximum atomic E-state index is 9.08. The Morgan fingerprint density at radius 1 is 1.22 bits per heavy atom. The van der Waals surface area contributed by atoms with E-state index in [9.17, 15) is 0 Å². The van der Waals surface area contributed by atoms with Gasteiger partial charge in [0.2, 0.25) is 0 Å². The van der Waals surface area contributed by atoms with Gasteiger partial charge in [-0.3, -0.25) is 0 Å². The molecule has 2 aromatic rings. The molecule has 0 aliphatic rings. The Morgan fingerprint density at radius 2 is 1.96 bits per heavy atom. The zero-order valence-corrected chi connectivity index (χ0v) is 14.3. The highest BCUT2D eigenvalue weighted by molar-refractivity contribution is 7.80. The fourth-order valence-electron chi connectivity index (χ4n) is 1.87. The summed E-state index contributed by atoms with van der Waals surface area (Å²) in [6.07, 6.45) is 1.56. The summed E-state index contributed by atoms with van der Waals surface area (Å²) in [7, 11) is 0. The Morgan fingerprint density at radius 3 is 2.61 bits per heavy atom. The third-order valence-corrected chi connectivity index (χ3v) is 3.63. The number of halogens is 2. The van der Waals surface area contributed by atoms with Crippen molar-refractivity contribution >= 4 is 46.5 Å². The molecule has 116 valence electrons. The molecule has 0 radical (unpaired) electrons. The number of benzene rings is 2. The maximum Gasteiger partial charge on any atom is 0.127 e. The number of ether oxygens (including phenoxy) is 1. The van der Waals surface area contributed by atoms with Gasteiger partial charge in [0.1, 0.15) is 23.4 Å². The third kappa shape index (κ3) is 4.97. The fraction of sp³-hybridized carbons (Fsp3) is 0.0588. The summed E-state index contributed by atoms with van der Waals surface area (Å²) in [6, 6.07) is 14.5. The molecule has 0 saturated carbocycles. The summed E-state index contributed by atoms with van der Waals surface area (Å²) in [6.45, 7) is 0.331. The summed E-state index contributed by atoms with van der Waals surface area (Å²) in [5.41, 5.74) is 7.26. The number of thiocarbonyl (C=S) groups is 1. The molecule has 0 heterocycles. The van der Waals surface area contributed by atoms with Crippen molar-refractivity contribution in [3.63, 3.8) is 0 Å². The Hall–Kier alpha value is -2.06. The van der Waals surface area contributed by atoms with Crippen LogP contribution in [-0.4, -0.2) is 4.99 Å². The monoisotopic (exact) mass is 362 g/mol. The molecule has 0 spiro atoms. The highest BCUT2D eigenvalue weighted by Crippen LogP contribution is 2.26. The van der Waals surface area contributed by atoms with E-state index in [0.717, 1.165) is 5.56 Å². The molecule has 0 amide bonds. The van der Waals surface area contributed by atoms with Gasteiger partial charge in [0.25, 0.3) is 0 Å². The van der Waals surface area contributed by atoms with Crippen LogP contribution in [0, 0.1) is 11.3 Å². The predicted octanol–water partition coefficient (Wildman–Crippen LogP) is 4.77. The van der Waals surface area contributed by atoms with Crippen molar-refractivity contribution in [2.24, 2.45) is 5.73 Å². The van der Waals surface area contributed by atoms with Crippen LogP contribution in [0.25, 0.3) is 6.08 Å². The number of rotatable bonds is 5. The Balaban J connectivity index is 2.29. The van der Waals surface area contributed by atoms with Crippen LogP contribution in [-0.2, 0) is 6.61 Å². The van der Waals surface area contributed by atoms with Crippen LogP contribution in [0.5, 0.6) is 5.75 Å². The normalized spacial score (nSPS) is 10.9. The SMILES string of the molecule is N#CC(=Cc1cc(Cl)ccc1OCc1cccc(Cl)c1)C(N)=S. The zero-order valence-electron chi connectivity index (χ0n) is 11.9. The molecule has 2 aromatic carbocycles. The van der Waals surface area contributed by atoms with Crippen LogP contribution in [0.4, 0.5) is 0 Å². The summed E-state index contributed by atoms with van der Waals surface area (Å²) in [5, 5.41) is 10.2. The van der Waals surface area contributed by atoms with Crippen molar-refractivity contribution in [1.29, 1.82) is 5.26 Å². The highest BCUT2D eigenvalue weighted by atomic mass is 35.5. The average Bonchev–Trinajstić information content (AvgIpc) is 2.51. The van der Waals surface area contributed by atoms with Crippen LogP contribution in [0.15, 0.2) is 48.0 Å². The second-order valence-electron chi connectivity index (χ2n) is 4.63. The van der Waals surface area contributed by atoms with E-state index in [-0.39, 0.29) is 10.6 Å². The second kappa shape index (κ2) is 7.98. The maximum absolute atomic E-state index is 9.08. The third-order valence-electron chi connectivity index (χ3n) is 2.94. The number of nitrogens with zero attached hydrogens (tertiary/aromatic N) is 1. The van der Waals surface area contributed by atoms with Crippen molar-refractivity contribution in [2.75, 3.05) is 0 Å². The Kier molecular flexibility index (Phi) is 6.00. The Labute approximate surface area is 149 Å². The minimum atomic E-state index is 0.0215. The van der Waals surface area contributed by atoms with Crippen LogP contribution in [0.2, 0.25) is 10.0 Å². The lowest BCUT2D eigenvalue weighted by atomic mass is 10.1. The smallest absolute Gasteiger partial charge is 0.127 e. The van der Waals surface area contributed by atoms with Gasteiger partial charge in [-0.2, -0.15) is 5.26 Å². The van der Waals surface area contributed by atoms with Crippen molar-refractivity contribution < 1.29 is 4.74 Å². The largest absolute Gasteiger partial charge is 0.488 e. The van der Waals surface area contributed by atoms with Crippen molar-refractivity contribution in [3.05, 3.63) is 69.2 Å². The average molecular weight is 363 g/mol. The van der Waals surface area contributed by atoms with Crippen LogP contribution in [0.3, 0.4) is 0 Å². The first kappa shape index (κ1) is 17.3. The molecule has 0 saturated heterocycles. The van der Waals surface area contributed by atoms with E-state index in [1.165, 1.54) is 0 Å². The molecule has 0 unspecified atom stereocenters. The lowest BCUT2D eigenvalue weighted by molar-refractivity contribution is 0.305. The topological polar surface area (TPSA) is 59.0 Å². The molecule has 0 aliphatic heterocycles. The standard InChI is InChI=1S/C17H12Cl2N2OS/c18-14-3-1-2-11(6-14)10-22-16-5-4-15(19)8-12(16)7-13(9-20)17(21)23/h1-8H,10H2,(H2,21,23). The summed E-state index contributed by atoms with van der Waals surface area (Å²) in [4.78, 5) is 0.0215. The molecule has 3 nitrogen and oxygen atoms in total. The summed E-state index contributed by atoms with van der Waals surface area (Å²) >= 11 is 16.8. The summed E-state index contributed by atoms with van der Waals surface area (Å²) < 4.78 is 5.80. The molecule has 6 heteroatoms. The minimum absolute atomic E-state index is 0.0215. The van der Waals surface area contributed by atoms with Crippen molar-refractivity contribution in [3.8, 4) is 11.8 Å². The molecule has 23 heavy (non-hydrogen) atoms. The highest BCUT2D eigenvalue weighted by Gasteiger charge is 2.07. The molecular weight excluding hydrogens is 351 g/mol. The van der Waals surface area contributed by atoms with E-state index in [1.54, 1.807) is 30.3 Å². The van der Waals surface area contributed by atoms with E-state index < -0.39 is 0 Å². The molecular formula is C17H12Cl2N2OS. The Bertz CT molecular complexity index is 812. The van der Waals surface area contributed by atoms with Crippen LogP contribution >= 0.6 is 35.4 Å². The van der Waals surface area contributed by atoms with Gasteiger partial charge >= 0.3 is 0 Å². The van der Waals surface area contributed by atoms with E-state index in [2.05, 4.69) is 0 Å². The van der Waals surface area contributed by atoms with Gasteiger partial charge in [-0.05, 0) is 42.0 Å². The number of nitrogens with two attached hydrogens (primary N) is 1. The molecule has 0 aromatic heterocycles. The molecule has 0 fully saturated rings. The summed E-state index contributed by atoms with van der Waals surface area (Å²) in [5.74, 6) is 0.568. The first-order chi connectivity index (χ1) is 11.0. The van der Waals surface area contributed by atoms with E-state index >= 15 is 0 Å². The van der Waals surface area contributed by atoms with Gasteiger partial charge in [-0.1, -0.05) is 47.6 Å². The quantitative estimate of drug-likeness (QED) is 0.472. The molecule has 0 aliphatic carbocycles. The molecule has 2 N–H and O–H groups in total. The molecule has 0 atom stereocenters. The van der Waals surface area contributed by atoms with Gasteiger partial charge in [-0.15, -0.1) is 0 Å². The van der Waals surface area contributed by atoms with E-state index in [4.69, 9.17) is 51.2 Å². The van der Waals surface area contributed by atoms with Crippen molar-refractivity contribution in [1.82, 2.24) is 0 Å². The number of hydrogen-bond donors (Lipinski definition) is 1. The fourth-order valence-corrected chi connectivity index (χ4v) is 2.36. The number of hydrogen-bond acceptors (Lipinski definition) is 3. The molecule has 2 rings (SSSR count). The van der Waals surface area contributed by atoms with Gasteiger partial charge < -0.3 is 10.5 Å². The molecule has 0 bridgehead atoms. The lowest BCUT2D eigenvalue weighted by Crippen LogP contribution is -2.09. The van der Waals surface area contributed by atoms with Gasteiger partial charge in [0.15, 0.2) is 0 Å². The second-order valence-corrected chi connectivity index (χ2v) is 5.95. The van der Waals surface area contributed by atoms with Gasteiger partial charge in [0, 0.05) is 15.6 Å². The van der Waals surface area contributed by atoms with Crippen LogP contribution in [0.1, 0.15) is 11.1 Å². The van der Waals surface area contributed by atoms with Gasteiger partial charge in [-0.25, -0.2) is 0 Å². The van der Waals surface area contributed by atoms with E-state index in [0.29, 0.717) is 28.0 Å². The first-order valence-electron chi connectivity index (χ1n) is 6.58. The minimum Gasteiger partial charge on any atom is -0.488 e. The predicted molar refractivity (Wildman–Crippen MR) is 97.6 cm³/mol.